The molecule has 0 aliphatic carbocycles. The highest BCUT2D eigenvalue weighted by atomic mass is 28.4. The van der Waals surface area contributed by atoms with Gasteiger partial charge in [0.1, 0.15) is 0 Å². The third-order valence-corrected chi connectivity index (χ3v) is 6.40. The van der Waals surface area contributed by atoms with Crippen molar-refractivity contribution in [2.75, 3.05) is 19.8 Å². The molecular weight excluding hydrogens is 292 g/mol. The highest BCUT2D eigenvalue weighted by Gasteiger charge is 2.43. The van der Waals surface area contributed by atoms with E-state index in [0.29, 0.717) is 19.8 Å². The summed E-state index contributed by atoms with van der Waals surface area (Å²) in [6.45, 7) is 7.64. The maximum Gasteiger partial charge on any atom is 0.537 e. The van der Waals surface area contributed by atoms with Crippen LogP contribution in [0.1, 0.15) is 20.8 Å². The molecule has 4 heteroatoms. The lowest BCUT2D eigenvalue weighted by atomic mass is 10.1. The third kappa shape index (κ3) is 3.84. The fraction of sp³-hybridized carbons (Fsp3) is 0.333. The van der Waals surface area contributed by atoms with Gasteiger partial charge in [0, 0.05) is 25.0 Å². The van der Waals surface area contributed by atoms with Gasteiger partial charge in [-0.15, -0.1) is 0 Å². The zero-order valence-corrected chi connectivity index (χ0v) is 14.5. The summed E-state index contributed by atoms with van der Waals surface area (Å²) >= 11 is 0. The monoisotopic (exact) mass is 316 g/mol. The third-order valence-electron chi connectivity index (χ3n) is 3.35. The second-order valence-electron chi connectivity index (χ2n) is 4.80. The molecule has 0 atom stereocenters. The minimum atomic E-state index is -2.80. The molecule has 0 aliphatic heterocycles. The molecule has 0 saturated carbocycles. The molecule has 0 radical (unpaired) electrons. The molecule has 2 aromatic rings. The van der Waals surface area contributed by atoms with Gasteiger partial charge in [-0.25, -0.2) is 0 Å². The van der Waals surface area contributed by atoms with Crippen LogP contribution < -0.4 is 5.19 Å². The number of hydrogen-bond acceptors (Lipinski definition) is 3. The van der Waals surface area contributed by atoms with Crippen LogP contribution in [0.15, 0.2) is 54.6 Å². The SMILES string of the molecule is CCO[Si](OCC)(OCC)c1ccc(-c2ccccc2)cc1. The Balaban J connectivity index is 2.32. The van der Waals surface area contributed by atoms with Crippen molar-refractivity contribution >= 4 is 14.0 Å². The van der Waals surface area contributed by atoms with Gasteiger partial charge in [0.25, 0.3) is 0 Å². The van der Waals surface area contributed by atoms with Crippen LogP contribution in [0.25, 0.3) is 11.1 Å². The molecule has 0 saturated heterocycles. The fourth-order valence-electron chi connectivity index (χ4n) is 2.44. The molecule has 0 bridgehead atoms. The Kier molecular flexibility index (Phi) is 6.33. The van der Waals surface area contributed by atoms with E-state index < -0.39 is 8.80 Å². The highest BCUT2D eigenvalue weighted by molar-refractivity contribution is 6.75. The normalized spacial score (nSPS) is 11.6. The summed E-state index contributed by atoms with van der Waals surface area (Å²) < 4.78 is 17.8. The standard InChI is InChI=1S/C18H24O3Si/c1-4-19-22(20-5-2,21-6-3)18-14-12-17(13-15-18)16-10-8-7-9-11-16/h7-15H,4-6H2,1-3H3. The lowest BCUT2D eigenvalue weighted by Crippen LogP contribution is -2.56. The smallest absolute Gasteiger partial charge is 0.370 e. The summed E-state index contributed by atoms with van der Waals surface area (Å²) in [6.07, 6.45) is 0. The Morgan fingerprint density at radius 3 is 1.55 bits per heavy atom. The van der Waals surface area contributed by atoms with Gasteiger partial charge in [0.2, 0.25) is 0 Å². The molecule has 0 aromatic heterocycles. The first-order chi connectivity index (χ1) is 10.8. The van der Waals surface area contributed by atoms with Crippen LogP contribution in [0.3, 0.4) is 0 Å². The van der Waals surface area contributed by atoms with Gasteiger partial charge in [-0.3, -0.25) is 0 Å². The van der Waals surface area contributed by atoms with E-state index in [1.54, 1.807) is 0 Å². The van der Waals surface area contributed by atoms with Crippen LogP contribution in [0, 0.1) is 0 Å². The van der Waals surface area contributed by atoms with Crippen LogP contribution in [0.4, 0.5) is 0 Å². The molecule has 3 nitrogen and oxygen atoms in total. The Bertz CT molecular complexity index is 537. The van der Waals surface area contributed by atoms with Crippen LogP contribution in [0.2, 0.25) is 0 Å². The van der Waals surface area contributed by atoms with Gasteiger partial charge >= 0.3 is 8.80 Å². The predicted molar refractivity (Wildman–Crippen MR) is 92.1 cm³/mol. The van der Waals surface area contributed by atoms with E-state index in [4.69, 9.17) is 13.3 Å². The van der Waals surface area contributed by atoms with Crippen molar-refractivity contribution < 1.29 is 13.3 Å². The summed E-state index contributed by atoms with van der Waals surface area (Å²) in [5, 5.41) is 1.01. The zero-order valence-electron chi connectivity index (χ0n) is 13.5. The molecule has 2 rings (SSSR count). The second kappa shape index (κ2) is 8.24. The molecule has 0 unspecified atom stereocenters. The van der Waals surface area contributed by atoms with Gasteiger partial charge in [0.05, 0.1) is 0 Å². The molecule has 22 heavy (non-hydrogen) atoms. The van der Waals surface area contributed by atoms with Crippen molar-refractivity contribution in [3.05, 3.63) is 54.6 Å². The summed E-state index contributed by atoms with van der Waals surface area (Å²) in [7, 11) is -2.80. The Labute approximate surface area is 134 Å². The molecule has 0 N–H and O–H groups in total. The van der Waals surface area contributed by atoms with Crippen LogP contribution in [-0.4, -0.2) is 28.6 Å². The van der Waals surface area contributed by atoms with E-state index in [9.17, 15) is 0 Å². The summed E-state index contributed by atoms with van der Waals surface area (Å²) in [5.41, 5.74) is 2.38. The average molecular weight is 316 g/mol. The fourth-order valence-corrected chi connectivity index (χ4v) is 4.91. The average Bonchev–Trinajstić information content (AvgIpc) is 2.56. The first kappa shape index (κ1) is 16.9. The first-order valence-electron chi connectivity index (χ1n) is 7.83. The molecule has 0 spiro atoms. The van der Waals surface area contributed by atoms with Crippen molar-refractivity contribution in [3.63, 3.8) is 0 Å². The van der Waals surface area contributed by atoms with Crippen molar-refractivity contribution in [3.8, 4) is 11.1 Å². The summed E-state index contributed by atoms with van der Waals surface area (Å²) in [6, 6.07) is 18.7. The van der Waals surface area contributed by atoms with Crippen LogP contribution in [0.5, 0.6) is 0 Å². The topological polar surface area (TPSA) is 27.7 Å². The molecule has 0 fully saturated rings. The molecule has 0 amide bonds. The number of hydrogen-bond donors (Lipinski definition) is 0. The lowest BCUT2D eigenvalue weighted by Gasteiger charge is -2.28. The molecule has 0 aliphatic rings. The van der Waals surface area contributed by atoms with Crippen molar-refractivity contribution in [1.82, 2.24) is 0 Å². The minimum absolute atomic E-state index is 0.576. The first-order valence-corrected chi connectivity index (χ1v) is 9.56. The maximum absolute atomic E-state index is 5.94. The van der Waals surface area contributed by atoms with Crippen molar-refractivity contribution in [2.45, 2.75) is 20.8 Å². The lowest BCUT2D eigenvalue weighted by molar-refractivity contribution is 0.0859. The molecular formula is C18H24O3Si. The summed E-state index contributed by atoms with van der Waals surface area (Å²) in [4.78, 5) is 0. The van der Waals surface area contributed by atoms with Gasteiger partial charge < -0.3 is 13.3 Å². The zero-order chi connectivity index (χ0) is 15.8. The second-order valence-corrected chi connectivity index (χ2v) is 7.35. The van der Waals surface area contributed by atoms with E-state index in [-0.39, 0.29) is 0 Å². The van der Waals surface area contributed by atoms with Gasteiger partial charge in [-0.1, -0.05) is 54.6 Å². The van der Waals surface area contributed by atoms with Gasteiger partial charge in [-0.05, 0) is 31.9 Å². The number of rotatable bonds is 8. The molecule has 0 heterocycles. The predicted octanol–water partition coefficient (Wildman–Crippen LogP) is 3.61. The van der Waals surface area contributed by atoms with E-state index in [2.05, 4.69) is 36.4 Å². The Morgan fingerprint density at radius 1 is 0.636 bits per heavy atom. The molecule has 118 valence electrons. The number of benzene rings is 2. The maximum atomic E-state index is 5.94. The van der Waals surface area contributed by atoms with E-state index >= 15 is 0 Å². The summed E-state index contributed by atoms with van der Waals surface area (Å²) in [5.74, 6) is 0. The minimum Gasteiger partial charge on any atom is -0.370 e. The van der Waals surface area contributed by atoms with Gasteiger partial charge in [-0.2, -0.15) is 0 Å². The van der Waals surface area contributed by atoms with Crippen molar-refractivity contribution in [1.29, 1.82) is 0 Å². The van der Waals surface area contributed by atoms with Crippen LogP contribution in [-0.2, 0) is 13.3 Å². The quantitative estimate of drug-likeness (QED) is 0.696. The Hall–Kier alpha value is -1.46. The molecule has 2 aromatic carbocycles. The largest absolute Gasteiger partial charge is 0.537 e. The van der Waals surface area contributed by atoms with Crippen molar-refractivity contribution in [2.24, 2.45) is 0 Å². The Morgan fingerprint density at radius 2 is 1.09 bits per heavy atom. The van der Waals surface area contributed by atoms with E-state index in [1.165, 1.54) is 11.1 Å². The van der Waals surface area contributed by atoms with Crippen LogP contribution >= 0.6 is 0 Å². The van der Waals surface area contributed by atoms with E-state index in [1.807, 2.05) is 39.0 Å². The van der Waals surface area contributed by atoms with Gasteiger partial charge in [0.15, 0.2) is 0 Å². The highest BCUT2D eigenvalue weighted by Crippen LogP contribution is 2.19. The van der Waals surface area contributed by atoms with E-state index in [0.717, 1.165) is 5.19 Å².